The molecule has 7 nitrogen and oxygen atoms in total. The normalized spacial score (nSPS) is 18.0. The summed E-state index contributed by atoms with van der Waals surface area (Å²) >= 11 is 1.29. The van der Waals surface area contributed by atoms with Crippen LogP contribution < -0.4 is 9.47 Å². The predicted molar refractivity (Wildman–Crippen MR) is 110 cm³/mol. The summed E-state index contributed by atoms with van der Waals surface area (Å²) in [5.74, 6) is 0.861. The van der Waals surface area contributed by atoms with E-state index in [0.717, 1.165) is 5.56 Å². The Bertz CT molecular complexity index is 1030. The second kappa shape index (κ2) is 8.00. The lowest BCUT2D eigenvalue weighted by molar-refractivity contribution is -0.121. The Balaban J connectivity index is 1.54. The second-order valence-electron chi connectivity index (χ2n) is 6.25. The van der Waals surface area contributed by atoms with Crippen molar-refractivity contribution in [2.24, 2.45) is 4.99 Å². The SMILES string of the molecule is CCOC(=O)c1ccc(N=C2S/C(=C/c3ccc4c(c3)OCO4)C(=O)N2C)cc1. The number of ether oxygens (including phenoxy) is 3. The number of esters is 1. The predicted octanol–water partition coefficient (Wildman–Crippen LogP) is 3.83. The van der Waals surface area contributed by atoms with Crippen LogP contribution >= 0.6 is 11.8 Å². The maximum absolute atomic E-state index is 12.6. The number of amidine groups is 1. The van der Waals surface area contributed by atoms with Gasteiger partial charge >= 0.3 is 5.97 Å². The van der Waals surface area contributed by atoms with Gasteiger partial charge in [-0.3, -0.25) is 9.69 Å². The van der Waals surface area contributed by atoms with Gasteiger partial charge in [0.15, 0.2) is 16.7 Å². The topological polar surface area (TPSA) is 77.4 Å². The van der Waals surface area contributed by atoms with Crippen LogP contribution in [0.1, 0.15) is 22.8 Å². The highest BCUT2D eigenvalue weighted by atomic mass is 32.2. The van der Waals surface area contributed by atoms with Crippen LogP contribution in [0.3, 0.4) is 0 Å². The number of nitrogens with zero attached hydrogens (tertiary/aromatic N) is 2. The van der Waals surface area contributed by atoms with E-state index >= 15 is 0 Å². The maximum Gasteiger partial charge on any atom is 0.338 e. The van der Waals surface area contributed by atoms with Gasteiger partial charge in [0.05, 0.1) is 22.8 Å². The molecule has 148 valence electrons. The first-order valence-electron chi connectivity index (χ1n) is 8.98. The van der Waals surface area contributed by atoms with Crippen LogP contribution in [-0.2, 0) is 9.53 Å². The zero-order chi connectivity index (χ0) is 20.4. The molecule has 0 aromatic heterocycles. The summed E-state index contributed by atoms with van der Waals surface area (Å²) in [6.07, 6.45) is 1.80. The molecule has 1 fully saturated rings. The van der Waals surface area contributed by atoms with Gasteiger partial charge in [0.2, 0.25) is 6.79 Å². The molecule has 2 aliphatic rings. The van der Waals surface area contributed by atoms with Gasteiger partial charge < -0.3 is 14.2 Å². The van der Waals surface area contributed by atoms with Crippen molar-refractivity contribution < 1.29 is 23.8 Å². The van der Waals surface area contributed by atoms with Gasteiger partial charge in [-0.1, -0.05) is 6.07 Å². The molecular weight excluding hydrogens is 392 g/mol. The quantitative estimate of drug-likeness (QED) is 0.563. The summed E-state index contributed by atoms with van der Waals surface area (Å²) in [7, 11) is 1.68. The summed E-state index contributed by atoms with van der Waals surface area (Å²) in [5.41, 5.74) is 1.95. The average Bonchev–Trinajstić information content (AvgIpc) is 3.29. The minimum absolute atomic E-state index is 0.130. The Hall–Kier alpha value is -3.26. The number of thioether (sulfide) groups is 1. The summed E-state index contributed by atoms with van der Waals surface area (Å²) in [4.78, 5) is 30.9. The van der Waals surface area contributed by atoms with Crippen molar-refractivity contribution in [3.05, 3.63) is 58.5 Å². The Morgan fingerprint density at radius 2 is 1.97 bits per heavy atom. The summed E-state index contributed by atoms with van der Waals surface area (Å²) in [6.45, 7) is 2.29. The third kappa shape index (κ3) is 3.97. The van der Waals surface area contributed by atoms with E-state index in [2.05, 4.69) is 4.99 Å². The highest BCUT2D eigenvalue weighted by Gasteiger charge is 2.30. The van der Waals surface area contributed by atoms with Gasteiger partial charge in [-0.15, -0.1) is 0 Å². The van der Waals surface area contributed by atoms with Crippen LogP contribution in [0.15, 0.2) is 52.4 Å². The van der Waals surface area contributed by atoms with Crippen LogP contribution in [0.4, 0.5) is 5.69 Å². The molecule has 8 heteroatoms. The van der Waals surface area contributed by atoms with Crippen molar-refractivity contribution in [2.45, 2.75) is 6.92 Å². The van der Waals surface area contributed by atoms with E-state index in [-0.39, 0.29) is 18.7 Å². The van der Waals surface area contributed by atoms with Crippen molar-refractivity contribution >= 4 is 40.6 Å². The van der Waals surface area contributed by atoms with E-state index in [0.29, 0.717) is 39.4 Å². The fourth-order valence-corrected chi connectivity index (χ4v) is 3.79. The summed E-state index contributed by atoms with van der Waals surface area (Å²) in [5, 5.41) is 0.561. The minimum Gasteiger partial charge on any atom is -0.462 e. The molecule has 2 aliphatic heterocycles. The molecule has 2 aromatic rings. The smallest absolute Gasteiger partial charge is 0.338 e. The maximum atomic E-state index is 12.6. The first-order chi connectivity index (χ1) is 14.0. The zero-order valence-corrected chi connectivity index (χ0v) is 16.7. The monoisotopic (exact) mass is 410 g/mol. The van der Waals surface area contributed by atoms with Crippen molar-refractivity contribution in [3.8, 4) is 11.5 Å². The molecule has 0 atom stereocenters. The molecule has 2 heterocycles. The van der Waals surface area contributed by atoms with Crippen molar-refractivity contribution in [3.63, 3.8) is 0 Å². The molecule has 0 bridgehead atoms. The minimum atomic E-state index is -0.372. The highest BCUT2D eigenvalue weighted by molar-refractivity contribution is 8.18. The van der Waals surface area contributed by atoms with Crippen molar-refractivity contribution in [1.29, 1.82) is 0 Å². The Morgan fingerprint density at radius 3 is 2.72 bits per heavy atom. The van der Waals surface area contributed by atoms with E-state index in [4.69, 9.17) is 14.2 Å². The first kappa shape index (κ1) is 19.1. The number of hydrogen-bond donors (Lipinski definition) is 0. The van der Waals surface area contributed by atoms with Gasteiger partial charge in [0.25, 0.3) is 5.91 Å². The first-order valence-corrected chi connectivity index (χ1v) is 9.80. The molecule has 0 radical (unpaired) electrons. The van der Waals surface area contributed by atoms with E-state index in [9.17, 15) is 9.59 Å². The molecule has 2 aromatic carbocycles. The molecule has 4 rings (SSSR count). The van der Waals surface area contributed by atoms with E-state index < -0.39 is 0 Å². The van der Waals surface area contributed by atoms with E-state index in [1.165, 1.54) is 16.7 Å². The van der Waals surface area contributed by atoms with Gasteiger partial charge in [0.1, 0.15) is 0 Å². The Kier molecular flexibility index (Phi) is 5.26. The molecule has 1 saturated heterocycles. The second-order valence-corrected chi connectivity index (χ2v) is 7.26. The van der Waals surface area contributed by atoms with Gasteiger partial charge in [-0.2, -0.15) is 0 Å². The van der Waals surface area contributed by atoms with E-state index in [1.807, 2.05) is 18.2 Å². The fraction of sp³-hybridized carbons (Fsp3) is 0.190. The summed E-state index contributed by atoms with van der Waals surface area (Å²) in [6, 6.07) is 12.3. The van der Waals surface area contributed by atoms with Crippen LogP contribution in [-0.4, -0.2) is 42.4 Å². The third-order valence-corrected chi connectivity index (χ3v) is 5.36. The lowest BCUT2D eigenvalue weighted by atomic mass is 10.2. The molecule has 1 amide bonds. The number of benzene rings is 2. The highest BCUT2D eigenvalue weighted by Crippen LogP contribution is 2.36. The van der Waals surface area contributed by atoms with Crippen LogP contribution in [0.25, 0.3) is 6.08 Å². The lowest BCUT2D eigenvalue weighted by Gasteiger charge is -2.07. The van der Waals surface area contributed by atoms with Crippen LogP contribution in [0, 0.1) is 0 Å². The molecule has 29 heavy (non-hydrogen) atoms. The number of rotatable bonds is 4. The number of amides is 1. The van der Waals surface area contributed by atoms with Crippen LogP contribution in [0.5, 0.6) is 11.5 Å². The van der Waals surface area contributed by atoms with Crippen molar-refractivity contribution in [2.75, 3.05) is 20.4 Å². The Labute approximate surface area is 172 Å². The van der Waals surface area contributed by atoms with Crippen molar-refractivity contribution in [1.82, 2.24) is 4.90 Å². The summed E-state index contributed by atoms with van der Waals surface area (Å²) < 4.78 is 15.7. The third-order valence-electron chi connectivity index (χ3n) is 4.30. The van der Waals surface area contributed by atoms with Gasteiger partial charge in [-0.05, 0) is 66.7 Å². The number of likely N-dealkylation sites (N-methyl/N-ethyl adjacent to an activating group) is 1. The van der Waals surface area contributed by atoms with Crippen LogP contribution in [0.2, 0.25) is 0 Å². The molecule has 0 spiro atoms. The standard InChI is InChI=1S/C21H18N2O5S/c1-3-26-20(25)14-5-7-15(8-6-14)22-21-23(2)19(24)18(29-21)11-13-4-9-16-17(10-13)28-12-27-16/h4-11H,3,12H2,1-2H3/b18-11+,22-21?. The largest absolute Gasteiger partial charge is 0.462 e. The number of fused-ring (bicyclic) bond motifs is 1. The molecule has 0 unspecified atom stereocenters. The molecule has 0 N–H and O–H groups in total. The average molecular weight is 410 g/mol. The molecular formula is C21H18N2O5S. The number of aliphatic imine (C=N–C) groups is 1. The number of hydrogen-bond acceptors (Lipinski definition) is 7. The lowest BCUT2D eigenvalue weighted by Crippen LogP contribution is -2.23. The Morgan fingerprint density at radius 1 is 1.21 bits per heavy atom. The zero-order valence-electron chi connectivity index (χ0n) is 15.9. The number of carbonyl (C=O) groups excluding carboxylic acids is 2. The molecule has 0 saturated carbocycles. The molecule has 0 aliphatic carbocycles. The fourth-order valence-electron chi connectivity index (χ4n) is 2.80. The van der Waals surface area contributed by atoms with Gasteiger partial charge in [0, 0.05) is 7.05 Å². The van der Waals surface area contributed by atoms with E-state index in [1.54, 1.807) is 44.3 Å². The number of carbonyl (C=O) groups is 2. The van der Waals surface area contributed by atoms with Gasteiger partial charge in [-0.25, -0.2) is 9.79 Å².